The van der Waals surface area contributed by atoms with Crippen LogP contribution in [0.15, 0.2) is 60.3 Å². The summed E-state index contributed by atoms with van der Waals surface area (Å²) >= 11 is 0. The van der Waals surface area contributed by atoms with E-state index < -0.39 is 0 Å². The second kappa shape index (κ2) is 7.46. The van der Waals surface area contributed by atoms with E-state index in [-0.39, 0.29) is 5.78 Å². The van der Waals surface area contributed by atoms with Gasteiger partial charge in [-0.25, -0.2) is 0 Å². The van der Waals surface area contributed by atoms with Crippen molar-refractivity contribution in [2.75, 3.05) is 11.9 Å². The SMILES string of the molecule is CCOc1ccc(N/C(C)=C/C(=O)c2ccc(C)cc2)cc1. The van der Waals surface area contributed by atoms with Crippen molar-refractivity contribution in [1.82, 2.24) is 0 Å². The number of carbonyl (C=O) groups is 1. The first-order valence-electron chi connectivity index (χ1n) is 7.37. The molecular formula is C19H21NO2. The highest BCUT2D eigenvalue weighted by atomic mass is 16.5. The summed E-state index contributed by atoms with van der Waals surface area (Å²) in [5.41, 5.74) is 3.56. The van der Waals surface area contributed by atoms with Crippen LogP contribution in [0, 0.1) is 6.92 Å². The van der Waals surface area contributed by atoms with Crippen molar-refractivity contribution in [3.8, 4) is 5.75 Å². The lowest BCUT2D eigenvalue weighted by Gasteiger charge is -2.08. The zero-order chi connectivity index (χ0) is 15.9. The fraction of sp³-hybridized carbons (Fsp3) is 0.211. The number of carbonyl (C=O) groups excluding carboxylic acids is 1. The van der Waals surface area contributed by atoms with Crippen LogP contribution in [0.5, 0.6) is 5.75 Å². The van der Waals surface area contributed by atoms with Gasteiger partial charge in [-0.3, -0.25) is 4.79 Å². The van der Waals surface area contributed by atoms with Crippen molar-refractivity contribution in [1.29, 1.82) is 0 Å². The van der Waals surface area contributed by atoms with E-state index in [1.54, 1.807) is 6.08 Å². The Bertz CT molecular complexity index is 655. The van der Waals surface area contributed by atoms with E-state index in [1.165, 1.54) is 0 Å². The molecule has 0 atom stereocenters. The maximum atomic E-state index is 12.2. The Labute approximate surface area is 131 Å². The van der Waals surface area contributed by atoms with Gasteiger partial charge in [0.15, 0.2) is 5.78 Å². The second-order valence-electron chi connectivity index (χ2n) is 5.14. The summed E-state index contributed by atoms with van der Waals surface area (Å²) < 4.78 is 5.40. The second-order valence-corrected chi connectivity index (χ2v) is 5.14. The predicted octanol–water partition coefficient (Wildman–Crippen LogP) is 4.59. The minimum absolute atomic E-state index is 0.00376. The molecule has 0 fully saturated rings. The lowest BCUT2D eigenvalue weighted by molar-refractivity contribution is 0.104. The summed E-state index contributed by atoms with van der Waals surface area (Å²) in [6, 6.07) is 15.2. The molecule has 0 aliphatic carbocycles. The Kier molecular flexibility index (Phi) is 5.37. The number of ether oxygens (including phenoxy) is 1. The summed E-state index contributed by atoms with van der Waals surface area (Å²) in [5.74, 6) is 0.835. The fourth-order valence-electron chi connectivity index (χ4n) is 2.06. The third-order valence-electron chi connectivity index (χ3n) is 3.19. The van der Waals surface area contributed by atoms with Crippen molar-refractivity contribution in [2.24, 2.45) is 0 Å². The standard InChI is InChI=1S/C19H21NO2/c1-4-22-18-11-9-17(10-12-18)20-15(3)13-19(21)16-7-5-14(2)6-8-16/h5-13,20H,4H2,1-3H3/b15-13+. The number of hydrogen-bond acceptors (Lipinski definition) is 3. The summed E-state index contributed by atoms with van der Waals surface area (Å²) in [6.07, 6.45) is 1.61. The molecule has 3 heteroatoms. The van der Waals surface area contributed by atoms with Gasteiger partial charge in [-0.15, -0.1) is 0 Å². The largest absolute Gasteiger partial charge is 0.494 e. The van der Waals surface area contributed by atoms with Gasteiger partial charge < -0.3 is 10.1 Å². The molecule has 0 saturated heterocycles. The highest BCUT2D eigenvalue weighted by molar-refractivity contribution is 6.05. The number of rotatable bonds is 6. The number of nitrogens with one attached hydrogen (secondary N) is 1. The fourth-order valence-corrected chi connectivity index (χ4v) is 2.06. The van der Waals surface area contributed by atoms with Crippen molar-refractivity contribution in [3.05, 3.63) is 71.4 Å². The molecule has 0 aliphatic heterocycles. The van der Waals surface area contributed by atoms with Gasteiger partial charge in [0, 0.05) is 23.0 Å². The first kappa shape index (κ1) is 15.8. The topological polar surface area (TPSA) is 38.3 Å². The van der Waals surface area contributed by atoms with Crippen LogP contribution >= 0.6 is 0 Å². The lowest BCUT2D eigenvalue weighted by atomic mass is 10.1. The van der Waals surface area contributed by atoms with E-state index >= 15 is 0 Å². The van der Waals surface area contributed by atoms with Crippen LogP contribution in [0.4, 0.5) is 5.69 Å². The van der Waals surface area contributed by atoms with Gasteiger partial charge in [-0.2, -0.15) is 0 Å². The van der Waals surface area contributed by atoms with Crippen LogP contribution in [0.2, 0.25) is 0 Å². The van der Waals surface area contributed by atoms with E-state index in [0.29, 0.717) is 12.2 Å². The summed E-state index contributed by atoms with van der Waals surface area (Å²) in [6.45, 7) is 6.48. The maximum Gasteiger partial charge on any atom is 0.187 e. The molecule has 22 heavy (non-hydrogen) atoms. The van der Waals surface area contributed by atoms with Crippen molar-refractivity contribution in [3.63, 3.8) is 0 Å². The van der Waals surface area contributed by atoms with Crippen LogP contribution in [-0.2, 0) is 0 Å². The van der Waals surface area contributed by atoms with Gasteiger partial charge in [0.1, 0.15) is 5.75 Å². The molecule has 0 saturated carbocycles. The molecule has 0 unspecified atom stereocenters. The van der Waals surface area contributed by atoms with Gasteiger partial charge in [-0.05, 0) is 45.0 Å². The predicted molar refractivity (Wildman–Crippen MR) is 90.5 cm³/mol. The zero-order valence-electron chi connectivity index (χ0n) is 13.2. The van der Waals surface area contributed by atoms with Crippen molar-refractivity contribution < 1.29 is 9.53 Å². The van der Waals surface area contributed by atoms with Crippen LogP contribution in [-0.4, -0.2) is 12.4 Å². The van der Waals surface area contributed by atoms with Gasteiger partial charge in [0.25, 0.3) is 0 Å². The minimum atomic E-state index is -0.00376. The molecule has 114 valence electrons. The highest BCUT2D eigenvalue weighted by Gasteiger charge is 2.03. The maximum absolute atomic E-state index is 12.2. The molecule has 1 N–H and O–H groups in total. The van der Waals surface area contributed by atoms with E-state index in [4.69, 9.17) is 4.74 Å². The van der Waals surface area contributed by atoms with E-state index in [9.17, 15) is 4.79 Å². The van der Waals surface area contributed by atoms with E-state index in [1.807, 2.05) is 69.3 Å². The molecule has 0 spiro atoms. The third-order valence-corrected chi connectivity index (χ3v) is 3.19. The Morgan fingerprint density at radius 1 is 1.09 bits per heavy atom. The normalized spacial score (nSPS) is 11.1. The first-order chi connectivity index (χ1) is 10.6. The molecule has 0 aliphatic rings. The third kappa shape index (κ3) is 4.48. The van der Waals surface area contributed by atoms with Crippen molar-refractivity contribution in [2.45, 2.75) is 20.8 Å². The number of anilines is 1. The Morgan fingerprint density at radius 2 is 1.73 bits per heavy atom. The van der Waals surface area contributed by atoms with E-state index in [0.717, 1.165) is 22.7 Å². The van der Waals surface area contributed by atoms with E-state index in [2.05, 4.69) is 5.32 Å². The summed E-state index contributed by atoms with van der Waals surface area (Å²) in [5, 5.41) is 3.21. The average Bonchev–Trinajstić information content (AvgIpc) is 2.50. The molecule has 0 heterocycles. The number of benzene rings is 2. The molecule has 2 aromatic carbocycles. The number of hydrogen-bond donors (Lipinski definition) is 1. The molecule has 0 amide bonds. The Morgan fingerprint density at radius 3 is 2.32 bits per heavy atom. The van der Waals surface area contributed by atoms with Gasteiger partial charge >= 0.3 is 0 Å². The Balaban J connectivity index is 2.02. The molecule has 0 radical (unpaired) electrons. The molecule has 2 rings (SSSR count). The Hall–Kier alpha value is -2.55. The molecular weight excluding hydrogens is 274 g/mol. The van der Waals surface area contributed by atoms with Crippen LogP contribution < -0.4 is 10.1 Å². The summed E-state index contributed by atoms with van der Waals surface area (Å²) in [4.78, 5) is 12.2. The zero-order valence-corrected chi connectivity index (χ0v) is 13.2. The molecule has 2 aromatic rings. The molecule has 0 bridgehead atoms. The first-order valence-corrected chi connectivity index (χ1v) is 7.37. The minimum Gasteiger partial charge on any atom is -0.494 e. The average molecular weight is 295 g/mol. The molecule has 3 nitrogen and oxygen atoms in total. The van der Waals surface area contributed by atoms with Crippen LogP contribution in [0.1, 0.15) is 29.8 Å². The van der Waals surface area contributed by atoms with Gasteiger partial charge in [-0.1, -0.05) is 29.8 Å². The monoisotopic (exact) mass is 295 g/mol. The summed E-state index contributed by atoms with van der Waals surface area (Å²) in [7, 11) is 0. The number of aryl methyl sites for hydroxylation is 1. The number of allylic oxidation sites excluding steroid dienone is 2. The van der Waals surface area contributed by atoms with Crippen LogP contribution in [0.25, 0.3) is 0 Å². The lowest BCUT2D eigenvalue weighted by Crippen LogP contribution is -2.01. The smallest absolute Gasteiger partial charge is 0.187 e. The van der Waals surface area contributed by atoms with Crippen molar-refractivity contribution >= 4 is 11.5 Å². The van der Waals surface area contributed by atoms with Gasteiger partial charge in [0.05, 0.1) is 6.61 Å². The van der Waals surface area contributed by atoms with Crippen LogP contribution in [0.3, 0.4) is 0 Å². The number of ketones is 1. The quantitative estimate of drug-likeness (QED) is 0.625. The highest BCUT2D eigenvalue weighted by Crippen LogP contribution is 2.17. The molecule has 0 aromatic heterocycles. The van der Waals surface area contributed by atoms with Gasteiger partial charge in [0.2, 0.25) is 0 Å².